The summed E-state index contributed by atoms with van der Waals surface area (Å²) in [6.45, 7) is 2.08. The Bertz CT molecular complexity index is 834. The normalized spacial score (nSPS) is 13.1. The Kier molecular flexibility index (Phi) is 8.43. The van der Waals surface area contributed by atoms with Crippen LogP contribution in [0.1, 0.15) is 24.1 Å². The van der Waals surface area contributed by atoms with Crippen LogP contribution in [0.4, 0.5) is 0 Å². The molecule has 2 amide bonds. The maximum Gasteiger partial charge on any atom is 0.244 e. The number of carbonyl (C=O) groups is 2. The first-order chi connectivity index (χ1) is 13.9. The number of nitrogens with one attached hydrogen (secondary N) is 2. The summed E-state index contributed by atoms with van der Waals surface area (Å²) in [6, 6.07) is 16.6. The summed E-state index contributed by atoms with van der Waals surface area (Å²) in [5.74, 6) is 0.223. The zero-order valence-electron chi connectivity index (χ0n) is 17.4. The Balaban J connectivity index is 1.90. The molecule has 0 aliphatic heterocycles. The molecule has 0 bridgehead atoms. The summed E-state index contributed by atoms with van der Waals surface area (Å²) in [4.78, 5) is 26.5. The fourth-order valence-corrected chi connectivity index (χ4v) is 2.86. The molecule has 0 aliphatic rings. The third kappa shape index (κ3) is 7.08. The van der Waals surface area contributed by atoms with E-state index in [1.807, 2.05) is 73.6 Å². The van der Waals surface area contributed by atoms with Gasteiger partial charge in [0, 0.05) is 12.6 Å². The highest BCUT2D eigenvalue weighted by Crippen LogP contribution is 2.22. The molecule has 0 saturated heterocycles. The summed E-state index contributed by atoms with van der Waals surface area (Å²) in [5, 5.41) is 5.61. The Morgan fingerprint density at radius 1 is 1.10 bits per heavy atom. The number of rotatable bonds is 9. The molecule has 29 heavy (non-hydrogen) atoms. The number of hydrogen-bond acceptors (Lipinski definition) is 4. The Morgan fingerprint density at radius 3 is 2.48 bits per heavy atom. The average molecular weight is 396 g/mol. The van der Waals surface area contributed by atoms with Crippen LogP contribution in [-0.4, -0.2) is 50.5 Å². The topological polar surface area (TPSA) is 70.7 Å². The molecule has 0 saturated carbocycles. The van der Waals surface area contributed by atoms with Gasteiger partial charge in [-0.25, -0.2) is 0 Å². The van der Waals surface area contributed by atoms with Crippen LogP contribution >= 0.6 is 0 Å². The van der Waals surface area contributed by atoms with Crippen molar-refractivity contribution in [2.24, 2.45) is 0 Å². The van der Waals surface area contributed by atoms with Crippen LogP contribution in [0.5, 0.6) is 5.75 Å². The molecule has 2 N–H and O–H groups in total. The predicted molar refractivity (Wildman–Crippen MR) is 116 cm³/mol. The molecular weight excluding hydrogens is 366 g/mol. The summed E-state index contributed by atoms with van der Waals surface area (Å²) in [5.41, 5.74) is 1.96. The fourth-order valence-electron chi connectivity index (χ4n) is 2.86. The lowest BCUT2D eigenvalue weighted by Crippen LogP contribution is -2.46. The van der Waals surface area contributed by atoms with Gasteiger partial charge in [0.2, 0.25) is 11.8 Å². The molecule has 2 aromatic carbocycles. The molecule has 2 rings (SSSR count). The number of carbonyl (C=O) groups excluding carboxylic acids is 2. The van der Waals surface area contributed by atoms with Crippen molar-refractivity contribution in [2.75, 3.05) is 27.7 Å². The zero-order chi connectivity index (χ0) is 21.2. The average Bonchev–Trinajstić information content (AvgIpc) is 2.73. The first-order valence-electron chi connectivity index (χ1n) is 9.52. The van der Waals surface area contributed by atoms with E-state index < -0.39 is 6.04 Å². The molecule has 2 atom stereocenters. The van der Waals surface area contributed by atoms with Gasteiger partial charge in [0.1, 0.15) is 11.8 Å². The van der Waals surface area contributed by atoms with Crippen molar-refractivity contribution in [2.45, 2.75) is 19.0 Å². The maximum absolute atomic E-state index is 12.4. The van der Waals surface area contributed by atoms with Gasteiger partial charge in [0.05, 0.1) is 13.2 Å². The van der Waals surface area contributed by atoms with Gasteiger partial charge in [0.15, 0.2) is 0 Å². The van der Waals surface area contributed by atoms with E-state index in [1.165, 1.54) is 6.08 Å². The van der Waals surface area contributed by atoms with E-state index in [1.54, 1.807) is 20.1 Å². The van der Waals surface area contributed by atoms with E-state index in [-0.39, 0.29) is 17.9 Å². The maximum atomic E-state index is 12.4. The van der Waals surface area contributed by atoms with E-state index in [0.29, 0.717) is 6.54 Å². The molecule has 0 aromatic heterocycles. The largest absolute Gasteiger partial charge is 0.497 e. The van der Waals surface area contributed by atoms with Gasteiger partial charge in [0.25, 0.3) is 0 Å². The summed E-state index contributed by atoms with van der Waals surface area (Å²) >= 11 is 0. The van der Waals surface area contributed by atoms with E-state index in [4.69, 9.17) is 4.74 Å². The van der Waals surface area contributed by atoms with Crippen molar-refractivity contribution < 1.29 is 14.3 Å². The highest BCUT2D eigenvalue weighted by atomic mass is 16.5. The van der Waals surface area contributed by atoms with Crippen molar-refractivity contribution in [1.29, 1.82) is 0 Å². The van der Waals surface area contributed by atoms with E-state index in [0.717, 1.165) is 16.9 Å². The number of hydrogen-bond donors (Lipinski definition) is 2. The lowest BCUT2D eigenvalue weighted by Gasteiger charge is -2.26. The van der Waals surface area contributed by atoms with Crippen LogP contribution in [0, 0.1) is 0 Å². The van der Waals surface area contributed by atoms with Crippen LogP contribution in [0.25, 0.3) is 6.08 Å². The minimum absolute atomic E-state index is 0.0186. The van der Waals surface area contributed by atoms with Gasteiger partial charge in [-0.05, 0) is 50.4 Å². The zero-order valence-corrected chi connectivity index (χ0v) is 17.4. The number of ether oxygens (including phenoxy) is 1. The van der Waals surface area contributed by atoms with Gasteiger partial charge >= 0.3 is 0 Å². The fraction of sp³-hybridized carbons (Fsp3) is 0.304. The van der Waals surface area contributed by atoms with Crippen molar-refractivity contribution in [3.05, 3.63) is 71.8 Å². The monoisotopic (exact) mass is 395 g/mol. The van der Waals surface area contributed by atoms with Crippen molar-refractivity contribution in [3.8, 4) is 5.75 Å². The summed E-state index contributed by atoms with van der Waals surface area (Å²) < 4.78 is 5.29. The van der Waals surface area contributed by atoms with Gasteiger partial charge < -0.3 is 20.3 Å². The quantitative estimate of drug-likeness (QED) is 0.641. The first-order valence-corrected chi connectivity index (χ1v) is 9.52. The van der Waals surface area contributed by atoms with E-state index in [9.17, 15) is 9.59 Å². The number of likely N-dealkylation sites (N-methyl/N-ethyl adjacent to an activating group) is 1. The smallest absolute Gasteiger partial charge is 0.244 e. The second-order valence-electron chi connectivity index (χ2n) is 6.98. The van der Waals surface area contributed by atoms with E-state index >= 15 is 0 Å². The summed E-state index contributed by atoms with van der Waals surface area (Å²) in [7, 11) is 5.54. The molecule has 0 radical (unpaired) electrons. The molecule has 154 valence electrons. The van der Waals surface area contributed by atoms with Gasteiger partial charge in [-0.1, -0.05) is 42.5 Å². The van der Waals surface area contributed by atoms with Gasteiger partial charge in [-0.2, -0.15) is 0 Å². The van der Waals surface area contributed by atoms with Crippen LogP contribution in [0.15, 0.2) is 60.7 Å². The van der Waals surface area contributed by atoms with Crippen LogP contribution < -0.4 is 15.4 Å². The Hall–Kier alpha value is -3.12. The third-order valence-electron chi connectivity index (χ3n) is 4.55. The molecule has 2 unspecified atom stereocenters. The summed E-state index contributed by atoms with van der Waals surface area (Å²) in [6.07, 6.45) is 3.14. The lowest BCUT2D eigenvalue weighted by molar-refractivity contribution is -0.126. The minimum Gasteiger partial charge on any atom is -0.497 e. The van der Waals surface area contributed by atoms with Crippen LogP contribution in [0.3, 0.4) is 0 Å². The molecule has 2 aromatic rings. The predicted octanol–water partition coefficient (Wildman–Crippen LogP) is 2.63. The molecule has 6 nitrogen and oxygen atoms in total. The van der Waals surface area contributed by atoms with Crippen molar-refractivity contribution in [1.82, 2.24) is 15.5 Å². The molecule has 0 heterocycles. The molecular formula is C23H29N3O3. The Labute approximate surface area is 172 Å². The number of methoxy groups -OCH3 is 1. The lowest BCUT2D eigenvalue weighted by atomic mass is 10.1. The van der Waals surface area contributed by atoms with E-state index in [2.05, 4.69) is 10.6 Å². The second-order valence-corrected chi connectivity index (χ2v) is 6.98. The van der Waals surface area contributed by atoms with Gasteiger partial charge in [-0.3, -0.25) is 9.59 Å². The first kappa shape index (κ1) is 22.2. The SMILES string of the molecule is COc1cccc(C(CNC(=O)C(C)NC(=O)/C=C/c2ccccc2)N(C)C)c1. The highest BCUT2D eigenvalue weighted by molar-refractivity contribution is 5.95. The van der Waals surface area contributed by atoms with Crippen molar-refractivity contribution >= 4 is 17.9 Å². The molecule has 0 spiro atoms. The highest BCUT2D eigenvalue weighted by Gasteiger charge is 2.19. The molecule has 6 heteroatoms. The Morgan fingerprint density at radius 2 is 1.83 bits per heavy atom. The number of amides is 2. The number of nitrogens with zero attached hydrogens (tertiary/aromatic N) is 1. The van der Waals surface area contributed by atoms with Crippen molar-refractivity contribution in [3.63, 3.8) is 0 Å². The number of benzene rings is 2. The minimum atomic E-state index is -0.643. The molecule has 0 aliphatic carbocycles. The van der Waals surface area contributed by atoms with Crippen LogP contribution in [0.2, 0.25) is 0 Å². The van der Waals surface area contributed by atoms with Crippen LogP contribution in [-0.2, 0) is 9.59 Å². The third-order valence-corrected chi connectivity index (χ3v) is 4.55. The van der Waals surface area contributed by atoms with Gasteiger partial charge in [-0.15, -0.1) is 0 Å². The standard InChI is InChI=1S/C23H29N3O3/c1-17(25-22(27)14-13-18-9-6-5-7-10-18)23(28)24-16-21(26(2)3)19-11-8-12-20(15-19)29-4/h5-15,17,21H,16H2,1-4H3,(H,24,28)(H,25,27)/b14-13+. The second kappa shape index (κ2) is 11.0. The molecule has 0 fully saturated rings.